The molecule has 1 heterocycles. The number of rotatable bonds is 40. The minimum Gasteiger partial charge on any atom is -0.508 e. The van der Waals surface area contributed by atoms with Gasteiger partial charge in [0.1, 0.15) is 60.1 Å². The molecule has 1 aliphatic heterocycles. The fourth-order valence-electron chi connectivity index (χ4n) is 10.1. The number of carboxylic acid groups (broad SMARTS) is 2. The van der Waals surface area contributed by atoms with Crippen LogP contribution in [-0.2, 0) is 72.0 Å². The molecule has 0 aliphatic carbocycles. The van der Waals surface area contributed by atoms with Crippen molar-refractivity contribution in [3.05, 3.63) is 102 Å². The molecule has 0 radical (unpaired) electrons. The summed E-state index contributed by atoms with van der Waals surface area (Å²) in [6.07, 6.45) is 1.72. The third kappa shape index (κ3) is 26.2. The van der Waals surface area contributed by atoms with E-state index in [0.29, 0.717) is 29.5 Å². The van der Waals surface area contributed by atoms with Crippen molar-refractivity contribution in [2.45, 2.75) is 158 Å². The first kappa shape index (κ1) is 75.6. The zero-order valence-corrected chi connectivity index (χ0v) is 52.9. The van der Waals surface area contributed by atoms with E-state index in [9.17, 15) is 73.2 Å². The number of nitrogens with zero attached hydrogens (tertiary/aromatic N) is 2. The van der Waals surface area contributed by atoms with Crippen molar-refractivity contribution in [2.24, 2.45) is 33.8 Å². The monoisotopic (exact) mass is 1300 g/mol. The number of aliphatic hydroxyl groups excluding tert-OH is 1. The number of phenolic OH excluding ortho intramolecular Hbond substituents is 1. The van der Waals surface area contributed by atoms with Crippen molar-refractivity contribution in [1.82, 2.24) is 47.4 Å². The number of aliphatic hydroxyl groups is 1. The highest BCUT2D eigenvalue weighted by atomic mass is 32.2. The quantitative estimate of drug-likeness (QED) is 0.0169. The lowest BCUT2D eigenvalue weighted by atomic mass is 10.00. The standard InChI is InChI=1S/C62H90N14O15S/c1-36(2)30-45(54(83)71-47(33-38-16-8-5-9-17-38)56(85)70-44(61(90)91)19-12-27-67-62(65)66)74-59(88)50-20-13-28-76(50)60(89)43(25-29-92-3)69-57(86)48(34-51(79)80)73-53(82)42(18-10-11-26-63)68-55(84)46(32-37-14-6-4-7-15-37)72-58(87)49(35-77)75-52(81)41(64)31-39-21-23-40(78)24-22-39/h4-9,14-17,21-24,36,41-50,77-78H,10-13,18-20,25-35,63-64H2,1-3H3,(H,68,84)(H,69,86)(H,70,85)(H,71,83)(H,72,87)(H,73,82)(H,74,88)(H,75,81)(H,79,80)(H,90,91)(H4,65,66,67)/t41-,42-,43-,44-,45-,46-,47+,48-,49-,50-/m0/s1. The number of hydrogen-bond acceptors (Lipinski definition) is 17. The van der Waals surface area contributed by atoms with Gasteiger partial charge in [-0.1, -0.05) is 86.6 Å². The van der Waals surface area contributed by atoms with Gasteiger partial charge in [0.05, 0.1) is 19.1 Å². The van der Waals surface area contributed by atoms with Crippen LogP contribution >= 0.6 is 11.8 Å². The molecule has 0 spiro atoms. The molecule has 30 heteroatoms. The van der Waals surface area contributed by atoms with E-state index in [2.05, 4.69) is 47.5 Å². The normalized spacial score (nSPS) is 15.7. The molecule has 29 nitrogen and oxygen atoms in total. The molecule has 4 rings (SSSR count). The number of phenols is 1. The van der Waals surface area contributed by atoms with Gasteiger partial charge in [-0.25, -0.2) is 4.79 Å². The minimum absolute atomic E-state index is 0.00367. The van der Waals surface area contributed by atoms with Crippen molar-refractivity contribution in [1.29, 1.82) is 0 Å². The van der Waals surface area contributed by atoms with Gasteiger partial charge in [0.25, 0.3) is 0 Å². The number of carboxylic acids is 2. The lowest BCUT2D eigenvalue weighted by Gasteiger charge is -2.31. The van der Waals surface area contributed by atoms with Crippen molar-refractivity contribution in [2.75, 3.05) is 38.2 Å². The van der Waals surface area contributed by atoms with Crippen LogP contribution in [0, 0.1) is 5.92 Å². The third-order valence-electron chi connectivity index (χ3n) is 14.9. The lowest BCUT2D eigenvalue weighted by Crippen LogP contribution is -2.61. The summed E-state index contributed by atoms with van der Waals surface area (Å²) in [5.74, 6) is -10.8. The number of carbonyl (C=O) groups is 11. The summed E-state index contributed by atoms with van der Waals surface area (Å²) in [5.41, 5.74) is 24.5. The Balaban J connectivity index is 1.54. The smallest absolute Gasteiger partial charge is 0.326 e. The van der Waals surface area contributed by atoms with Crippen LogP contribution in [-0.4, -0.2) is 195 Å². The average Bonchev–Trinajstić information content (AvgIpc) is 1.61. The molecule has 0 bridgehead atoms. The van der Waals surface area contributed by atoms with Crippen molar-refractivity contribution >= 4 is 82.8 Å². The minimum atomic E-state index is -1.85. The SMILES string of the molecule is CSCC[C@H](NC(=O)[C@H](CC(=O)O)NC(=O)[C@H](CCCCN)NC(=O)[C@H](Cc1ccccc1)NC(=O)[C@H](CO)NC(=O)[C@@H](N)Cc1ccc(O)cc1)C(=O)N1CCC[C@H]1C(=O)N[C@@H](CC(C)C)C(=O)N[C@H](Cc1ccccc1)C(=O)N[C@@H](CCCN=C(N)N)C(=O)O. The van der Waals surface area contributed by atoms with E-state index in [0.717, 1.165) is 0 Å². The Morgan fingerprint density at radius 2 is 1.08 bits per heavy atom. The maximum absolute atomic E-state index is 14.7. The van der Waals surface area contributed by atoms with Gasteiger partial charge in [-0.2, -0.15) is 11.8 Å². The molecule has 0 aromatic heterocycles. The number of aromatic hydroxyl groups is 1. The van der Waals surface area contributed by atoms with Crippen molar-refractivity contribution < 1.29 is 73.2 Å². The van der Waals surface area contributed by atoms with Crippen LogP contribution in [0.2, 0.25) is 0 Å². The number of amides is 9. The molecule has 1 fully saturated rings. The fraction of sp³-hybridized carbons (Fsp3) is 0.516. The number of nitrogens with two attached hydrogens (primary N) is 4. The Bertz CT molecular complexity index is 2960. The van der Waals surface area contributed by atoms with E-state index in [-0.39, 0.29) is 107 Å². The predicted octanol–water partition coefficient (Wildman–Crippen LogP) is -1.85. The number of thioether (sulfide) groups is 1. The molecule has 3 aromatic rings. The van der Waals surface area contributed by atoms with Crippen molar-refractivity contribution in [3.8, 4) is 5.75 Å². The molecule has 504 valence electrons. The first-order chi connectivity index (χ1) is 43.8. The number of aliphatic carboxylic acids is 2. The van der Waals surface area contributed by atoms with Crippen LogP contribution in [0.25, 0.3) is 0 Å². The fourth-order valence-corrected chi connectivity index (χ4v) is 10.5. The second-order valence-corrected chi connectivity index (χ2v) is 23.8. The summed E-state index contributed by atoms with van der Waals surface area (Å²) in [7, 11) is 0. The highest BCUT2D eigenvalue weighted by Crippen LogP contribution is 2.22. The maximum Gasteiger partial charge on any atom is 0.326 e. The van der Waals surface area contributed by atoms with Gasteiger partial charge in [0, 0.05) is 25.9 Å². The molecular formula is C62H90N14O15S. The van der Waals surface area contributed by atoms with Crippen LogP contribution < -0.4 is 65.5 Å². The number of likely N-dealkylation sites (tertiary alicyclic amines) is 1. The highest BCUT2D eigenvalue weighted by Gasteiger charge is 2.41. The van der Waals surface area contributed by atoms with Gasteiger partial charge in [-0.05, 0) is 118 Å². The Kier molecular flexibility index (Phi) is 32.4. The second kappa shape index (κ2) is 39.4. The summed E-state index contributed by atoms with van der Waals surface area (Å²) in [4.78, 5) is 157. The van der Waals surface area contributed by atoms with Gasteiger partial charge in [-0.3, -0.25) is 52.9 Å². The molecule has 20 N–H and O–H groups in total. The van der Waals surface area contributed by atoms with E-state index in [4.69, 9.17) is 22.9 Å². The first-order valence-corrected chi connectivity index (χ1v) is 31.9. The number of benzene rings is 3. The zero-order chi connectivity index (χ0) is 67.9. The molecule has 10 atom stereocenters. The number of hydrogen-bond donors (Lipinski definition) is 16. The van der Waals surface area contributed by atoms with Crippen LogP contribution in [0.4, 0.5) is 0 Å². The van der Waals surface area contributed by atoms with E-state index in [1.54, 1.807) is 92.9 Å². The zero-order valence-electron chi connectivity index (χ0n) is 52.1. The number of guanidine groups is 1. The number of unbranched alkanes of at least 4 members (excludes halogenated alkanes) is 1. The molecule has 0 saturated carbocycles. The van der Waals surface area contributed by atoms with Crippen LogP contribution in [0.1, 0.15) is 94.7 Å². The van der Waals surface area contributed by atoms with Gasteiger partial charge in [-0.15, -0.1) is 0 Å². The third-order valence-corrected chi connectivity index (χ3v) is 15.6. The molecule has 1 saturated heterocycles. The van der Waals surface area contributed by atoms with Gasteiger partial charge in [0.15, 0.2) is 5.96 Å². The average molecular weight is 1300 g/mol. The molecule has 3 aromatic carbocycles. The van der Waals surface area contributed by atoms with Gasteiger partial charge in [0.2, 0.25) is 53.2 Å². The Morgan fingerprint density at radius 3 is 1.61 bits per heavy atom. The van der Waals surface area contributed by atoms with Gasteiger partial charge >= 0.3 is 11.9 Å². The Labute approximate surface area is 538 Å². The molecule has 92 heavy (non-hydrogen) atoms. The number of aliphatic imine (C=N–C) groups is 1. The second-order valence-electron chi connectivity index (χ2n) is 22.8. The molecule has 9 amide bonds. The maximum atomic E-state index is 14.7. The predicted molar refractivity (Wildman–Crippen MR) is 343 cm³/mol. The summed E-state index contributed by atoms with van der Waals surface area (Å²) < 4.78 is 0. The van der Waals surface area contributed by atoms with Crippen LogP contribution in [0.15, 0.2) is 89.9 Å². The van der Waals surface area contributed by atoms with Crippen LogP contribution in [0.3, 0.4) is 0 Å². The summed E-state index contributed by atoms with van der Waals surface area (Å²) in [5, 5.41) is 60.5. The van der Waals surface area contributed by atoms with E-state index >= 15 is 0 Å². The van der Waals surface area contributed by atoms with E-state index in [1.807, 2.05) is 0 Å². The van der Waals surface area contributed by atoms with Crippen molar-refractivity contribution in [3.63, 3.8) is 0 Å². The molecule has 0 unspecified atom stereocenters. The molecule has 1 aliphatic rings. The Morgan fingerprint density at radius 1 is 0.587 bits per heavy atom. The Hall–Kier alpha value is -8.87. The first-order valence-electron chi connectivity index (χ1n) is 30.5. The topological polar surface area (TPSA) is 485 Å². The largest absolute Gasteiger partial charge is 0.508 e. The summed E-state index contributed by atoms with van der Waals surface area (Å²) in [6, 6.07) is 8.90. The number of carbonyl (C=O) groups excluding carboxylic acids is 9. The summed E-state index contributed by atoms with van der Waals surface area (Å²) in [6.45, 7) is 3.01. The van der Waals surface area contributed by atoms with E-state index < -0.39 is 139 Å². The summed E-state index contributed by atoms with van der Waals surface area (Å²) >= 11 is 1.32. The molecular weight excluding hydrogens is 1210 g/mol. The van der Waals surface area contributed by atoms with E-state index in [1.165, 1.54) is 28.8 Å². The number of nitrogens with one attached hydrogen (secondary N) is 8. The lowest BCUT2D eigenvalue weighted by molar-refractivity contribution is -0.144. The highest BCUT2D eigenvalue weighted by molar-refractivity contribution is 7.98. The van der Waals surface area contributed by atoms with Gasteiger partial charge < -0.3 is 90.8 Å². The van der Waals surface area contributed by atoms with Crippen LogP contribution in [0.5, 0.6) is 5.75 Å².